The van der Waals surface area contributed by atoms with Crippen LogP contribution in [0.25, 0.3) is 17.0 Å². The summed E-state index contributed by atoms with van der Waals surface area (Å²) >= 11 is 0. The number of nitrogens with one attached hydrogen (secondary N) is 1. The Bertz CT molecular complexity index is 1240. The van der Waals surface area contributed by atoms with E-state index in [1.165, 1.54) is 5.41 Å². The van der Waals surface area contributed by atoms with Crippen LogP contribution in [0.2, 0.25) is 0 Å². The Hall–Kier alpha value is -2.85. The van der Waals surface area contributed by atoms with Gasteiger partial charge in [0.25, 0.3) is 0 Å². The van der Waals surface area contributed by atoms with E-state index in [9.17, 15) is 8.42 Å². The predicted molar refractivity (Wildman–Crippen MR) is 142 cm³/mol. The lowest BCUT2D eigenvalue weighted by Crippen LogP contribution is -2.47. The van der Waals surface area contributed by atoms with Crippen molar-refractivity contribution in [3.63, 3.8) is 0 Å². The Morgan fingerprint density at radius 1 is 0.971 bits per heavy atom. The zero-order chi connectivity index (χ0) is 24.7. The van der Waals surface area contributed by atoms with E-state index in [0.29, 0.717) is 32.7 Å². The molecule has 1 N–H and O–H groups in total. The normalized spacial score (nSPS) is 15.9. The number of hydrogen-bond acceptors (Lipinski definition) is 7. The van der Waals surface area contributed by atoms with Crippen molar-refractivity contribution >= 4 is 32.8 Å². The standard InChI is InChI=1S/C26H34N6O2S/c1-30(2)15-8-14-27-26-23-11-6-7-12-24(23)28-25(29-26)21-31-16-18-32(19-17-31)35(33,34)20-13-22-9-4-3-5-10-22/h3-7,9-13,20H,8,14-19,21H2,1-2H3,(H,27,28,29)/b20-13+. The molecule has 0 aliphatic carbocycles. The maximum atomic E-state index is 12.8. The molecule has 35 heavy (non-hydrogen) atoms. The predicted octanol–water partition coefficient (Wildman–Crippen LogP) is 3.11. The smallest absolute Gasteiger partial charge is 0.236 e. The molecular weight excluding hydrogens is 460 g/mol. The quantitative estimate of drug-likeness (QED) is 0.434. The van der Waals surface area contributed by atoms with Crippen molar-refractivity contribution < 1.29 is 8.42 Å². The second kappa shape index (κ2) is 11.7. The molecule has 3 aromatic rings. The number of rotatable bonds is 10. The summed E-state index contributed by atoms with van der Waals surface area (Å²) in [4.78, 5) is 14.0. The summed E-state index contributed by atoms with van der Waals surface area (Å²) in [6.07, 6.45) is 2.67. The first kappa shape index (κ1) is 25.2. The summed E-state index contributed by atoms with van der Waals surface area (Å²) in [6.45, 7) is 4.61. The number of benzene rings is 2. The van der Waals surface area contributed by atoms with Gasteiger partial charge >= 0.3 is 0 Å². The van der Waals surface area contributed by atoms with E-state index >= 15 is 0 Å². The number of para-hydroxylation sites is 1. The molecule has 1 aromatic heterocycles. The Kier molecular flexibility index (Phi) is 8.46. The number of nitrogens with zero attached hydrogens (tertiary/aromatic N) is 5. The van der Waals surface area contributed by atoms with Crippen molar-refractivity contribution in [2.24, 2.45) is 0 Å². The third-order valence-corrected chi connectivity index (χ3v) is 7.58. The molecule has 0 atom stereocenters. The summed E-state index contributed by atoms with van der Waals surface area (Å²) in [7, 11) is 0.693. The first-order valence-electron chi connectivity index (χ1n) is 12.0. The van der Waals surface area contributed by atoms with E-state index in [0.717, 1.165) is 47.6 Å². The van der Waals surface area contributed by atoms with Crippen LogP contribution in [-0.4, -0.2) is 85.9 Å². The minimum Gasteiger partial charge on any atom is -0.369 e. The largest absolute Gasteiger partial charge is 0.369 e. The molecule has 0 spiro atoms. The Morgan fingerprint density at radius 2 is 1.69 bits per heavy atom. The van der Waals surface area contributed by atoms with Gasteiger partial charge in [0, 0.05) is 43.5 Å². The van der Waals surface area contributed by atoms with Crippen molar-refractivity contribution in [2.45, 2.75) is 13.0 Å². The highest BCUT2D eigenvalue weighted by Gasteiger charge is 2.25. The molecule has 8 nitrogen and oxygen atoms in total. The summed E-state index contributed by atoms with van der Waals surface area (Å²) in [5.74, 6) is 1.61. The molecule has 9 heteroatoms. The molecular formula is C26H34N6O2S. The van der Waals surface area contributed by atoms with E-state index in [-0.39, 0.29) is 0 Å². The first-order chi connectivity index (χ1) is 16.9. The molecule has 2 aromatic carbocycles. The molecule has 4 rings (SSSR count). The van der Waals surface area contributed by atoms with E-state index in [2.05, 4.69) is 29.2 Å². The topological polar surface area (TPSA) is 81.7 Å². The highest BCUT2D eigenvalue weighted by atomic mass is 32.2. The van der Waals surface area contributed by atoms with Crippen molar-refractivity contribution in [1.29, 1.82) is 0 Å². The van der Waals surface area contributed by atoms with Gasteiger partial charge in [-0.25, -0.2) is 18.4 Å². The number of piperazine rings is 1. The van der Waals surface area contributed by atoms with Crippen LogP contribution < -0.4 is 5.32 Å². The van der Waals surface area contributed by atoms with Crippen LogP contribution in [0.15, 0.2) is 60.0 Å². The van der Waals surface area contributed by atoms with Crippen LogP contribution in [0.5, 0.6) is 0 Å². The fourth-order valence-electron chi connectivity index (χ4n) is 4.09. The molecule has 186 valence electrons. The Labute approximate surface area is 208 Å². The molecule has 0 bridgehead atoms. The van der Waals surface area contributed by atoms with Gasteiger partial charge in [0.05, 0.1) is 12.1 Å². The third-order valence-electron chi connectivity index (χ3n) is 6.01. The molecule has 0 saturated carbocycles. The van der Waals surface area contributed by atoms with Gasteiger partial charge in [-0.3, -0.25) is 4.90 Å². The molecule has 0 amide bonds. The number of hydrogen-bond donors (Lipinski definition) is 1. The number of fused-ring (bicyclic) bond motifs is 1. The maximum Gasteiger partial charge on any atom is 0.236 e. The summed E-state index contributed by atoms with van der Waals surface area (Å²) in [5.41, 5.74) is 1.79. The summed E-state index contributed by atoms with van der Waals surface area (Å²) < 4.78 is 27.1. The highest BCUT2D eigenvalue weighted by Crippen LogP contribution is 2.21. The van der Waals surface area contributed by atoms with E-state index in [4.69, 9.17) is 9.97 Å². The van der Waals surface area contributed by atoms with Crippen molar-refractivity contribution in [2.75, 3.05) is 58.7 Å². The van der Waals surface area contributed by atoms with Gasteiger partial charge < -0.3 is 10.2 Å². The van der Waals surface area contributed by atoms with Crippen LogP contribution >= 0.6 is 0 Å². The first-order valence-corrected chi connectivity index (χ1v) is 13.5. The molecule has 1 fully saturated rings. The average molecular weight is 495 g/mol. The lowest BCUT2D eigenvalue weighted by Gasteiger charge is -2.32. The molecule has 0 radical (unpaired) electrons. The maximum absolute atomic E-state index is 12.8. The van der Waals surface area contributed by atoms with Crippen LogP contribution in [-0.2, 0) is 16.6 Å². The Morgan fingerprint density at radius 3 is 2.43 bits per heavy atom. The van der Waals surface area contributed by atoms with E-state index < -0.39 is 10.0 Å². The van der Waals surface area contributed by atoms with Gasteiger partial charge in [0.15, 0.2) is 0 Å². The van der Waals surface area contributed by atoms with Crippen molar-refractivity contribution in [3.8, 4) is 0 Å². The fraction of sp³-hybridized carbons (Fsp3) is 0.385. The van der Waals surface area contributed by atoms with Crippen molar-refractivity contribution in [1.82, 2.24) is 24.1 Å². The monoisotopic (exact) mass is 494 g/mol. The van der Waals surface area contributed by atoms with Gasteiger partial charge in [-0.1, -0.05) is 42.5 Å². The van der Waals surface area contributed by atoms with E-state index in [1.54, 1.807) is 10.4 Å². The number of sulfonamides is 1. The van der Waals surface area contributed by atoms with Crippen molar-refractivity contribution in [3.05, 3.63) is 71.4 Å². The van der Waals surface area contributed by atoms with Crippen LogP contribution in [0.3, 0.4) is 0 Å². The average Bonchev–Trinajstić information content (AvgIpc) is 2.86. The minimum atomic E-state index is -3.45. The van der Waals surface area contributed by atoms with Gasteiger partial charge in [-0.05, 0) is 50.8 Å². The zero-order valence-electron chi connectivity index (χ0n) is 20.5. The second-order valence-corrected chi connectivity index (χ2v) is 10.8. The fourth-order valence-corrected chi connectivity index (χ4v) is 5.26. The lowest BCUT2D eigenvalue weighted by molar-refractivity contribution is 0.179. The van der Waals surface area contributed by atoms with Crippen LogP contribution in [0.1, 0.15) is 17.8 Å². The minimum absolute atomic E-state index is 0.449. The second-order valence-electron chi connectivity index (χ2n) is 9.02. The Balaban J connectivity index is 1.38. The number of aromatic nitrogens is 2. The van der Waals surface area contributed by atoms with Gasteiger partial charge in [0.1, 0.15) is 11.6 Å². The highest BCUT2D eigenvalue weighted by molar-refractivity contribution is 7.92. The SMILES string of the molecule is CN(C)CCCNc1nc(CN2CCN(S(=O)(=O)/C=C/c3ccccc3)CC2)nc2ccccc12. The van der Waals surface area contributed by atoms with Gasteiger partial charge in [-0.15, -0.1) is 0 Å². The van der Waals surface area contributed by atoms with Crippen LogP contribution in [0, 0.1) is 0 Å². The lowest BCUT2D eigenvalue weighted by atomic mass is 10.2. The molecule has 1 aliphatic heterocycles. The third kappa shape index (κ3) is 7.08. The van der Waals surface area contributed by atoms with E-state index in [1.807, 2.05) is 54.6 Å². The van der Waals surface area contributed by atoms with Gasteiger partial charge in [-0.2, -0.15) is 4.31 Å². The number of anilines is 1. The summed E-state index contributed by atoms with van der Waals surface area (Å²) in [5, 5.41) is 5.80. The van der Waals surface area contributed by atoms with Gasteiger partial charge in [0.2, 0.25) is 10.0 Å². The summed E-state index contributed by atoms with van der Waals surface area (Å²) in [6, 6.07) is 17.5. The molecule has 1 saturated heterocycles. The molecule has 2 heterocycles. The molecule has 1 aliphatic rings. The van der Waals surface area contributed by atoms with Crippen LogP contribution in [0.4, 0.5) is 5.82 Å². The molecule has 0 unspecified atom stereocenters. The zero-order valence-corrected chi connectivity index (χ0v) is 21.3.